The number of rotatable bonds is 5. The number of nitrogens with zero attached hydrogens (tertiary/aromatic N) is 1. The van der Waals surface area contributed by atoms with E-state index in [0.717, 1.165) is 25.9 Å². The molecule has 1 N–H and O–H groups in total. The van der Waals surface area contributed by atoms with Gasteiger partial charge in [-0.25, -0.2) is 4.39 Å². The van der Waals surface area contributed by atoms with E-state index in [0.29, 0.717) is 24.4 Å². The minimum absolute atomic E-state index is 0.0289. The van der Waals surface area contributed by atoms with Gasteiger partial charge in [-0.2, -0.15) is 0 Å². The molecule has 0 unspecified atom stereocenters. The Morgan fingerprint density at radius 1 is 1.33 bits per heavy atom. The molecule has 2 rings (SSSR count). The molecule has 0 atom stereocenters. The van der Waals surface area contributed by atoms with Gasteiger partial charge in [0.2, 0.25) is 5.91 Å². The standard InChI is InChI=1S/C17H25FN2O/c1-13(2)20-11-9-15(10-12-20)19-17(21)8-7-14-5-3-4-6-16(14)18/h3-6,13,15H,7-12H2,1-2H3,(H,19,21). The summed E-state index contributed by atoms with van der Waals surface area (Å²) in [5.41, 5.74) is 0.613. The summed E-state index contributed by atoms with van der Waals surface area (Å²) in [6, 6.07) is 7.49. The Bertz CT molecular complexity index is 468. The molecule has 1 aromatic carbocycles. The summed E-state index contributed by atoms with van der Waals surface area (Å²) in [4.78, 5) is 14.4. The van der Waals surface area contributed by atoms with Crippen LogP contribution >= 0.6 is 0 Å². The van der Waals surface area contributed by atoms with Crippen LogP contribution in [0, 0.1) is 5.82 Å². The van der Waals surface area contributed by atoms with Gasteiger partial charge in [0.25, 0.3) is 0 Å². The third-order valence-electron chi connectivity index (χ3n) is 4.20. The summed E-state index contributed by atoms with van der Waals surface area (Å²) in [5, 5.41) is 3.08. The molecule has 0 spiro atoms. The Labute approximate surface area is 126 Å². The molecule has 1 aliphatic heterocycles. The number of aryl methyl sites for hydroxylation is 1. The van der Waals surface area contributed by atoms with Gasteiger partial charge in [0.1, 0.15) is 5.82 Å². The smallest absolute Gasteiger partial charge is 0.220 e. The Kier molecular flexibility index (Phi) is 5.74. The lowest BCUT2D eigenvalue weighted by molar-refractivity contribution is -0.122. The summed E-state index contributed by atoms with van der Waals surface area (Å²) in [6.45, 7) is 6.48. The van der Waals surface area contributed by atoms with Gasteiger partial charge < -0.3 is 10.2 Å². The maximum Gasteiger partial charge on any atom is 0.220 e. The summed E-state index contributed by atoms with van der Waals surface area (Å²) in [7, 11) is 0. The van der Waals surface area contributed by atoms with Gasteiger partial charge in [-0.3, -0.25) is 4.79 Å². The van der Waals surface area contributed by atoms with Gasteiger partial charge >= 0.3 is 0 Å². The highest BCUT2D eigenvalue weighted by Crippen LogP contribution is 2.14. The molecule has 0 aliphatic carbocycles. The van der Waals surface area contributed by atoms with Crippen molar-refractivity contribution >= 4 is 5.91 Å². The minimum Gasteiger partial charge on any atom is -0.353 e. The molecule has 0 aromatic heterocycles. The number of likely N-dealkylation sites (tertiary alicyclic amines) is 1. The SMILES string of the molecule is CC(C)N1CCC(NC(=O)CCc2ccccc2F)CC1. The summed E-state index contributed by atoms with van der Waals surface area (Å²) < 4.78 is 13.5. The fourth-order valence-corrected chi connectivity index (χ4v) is 2.81. The molecular weight excluding hydrogens is 267 g/mol. The lowest BCUT2D eigenvalue weighted by Crippen LogP contribution is -2.46. The number of amides is 1. The van der Waals surface area contributed by atoms with Crippen molar-refractivity contribution in [3.05, 3.63) is 35.6 Å². The zero-order valence-corrected chi connectivity index (χ0v) is 12.9. The maximum absolute atomic E-state index is 13.5. The third-order valence-corrected chi connectivity index (χ3v) is 4.20. The van der Waals surface area contributed by atoms with E-state index < -0.39 is 0 Å². The first-order chi connectivity index (χ1) is 10.1. The predicted molar refractivity (Wildman–Crippen MR) is 82.6 cm³/mol. The molecule has 3 nitrogen and oxygen atoms in total. The number of nitrogens with one attached hydrogen (secondary N) is 1. The van der Waals surface area contributed by atoms with E-state index in [1.807, 2.05) is 0 Å². The number of halogens is 1. The molecule has 0 saturated carbocycles. The third kappa shape index (κ3) is 4.81. The van der Waals surface area contributed by atoms with Crippen LogP contribution in [-0.4, -0.2) is 36.0 Å². The Balaban J connectivity index is 1.72. The van der Waals surface area contributed by atoms with Crippen LogP contribution in [0.2, 0.25) is 0 Å². The van der Waals surface area contributed by atoms with E-state index in [4.69, 9.17) is 0 Å². The van der Waals surface area contributed by atoms with Crippen LogP contribution in [0.15, 0.2) is 24.3 Å². The van der Waals surface area contributed by atoms with Crippen molar-refractivity contribution < 1.29 is 9.18 Å². The van der Waals surface area contributed by atoms with Crippen LogP contribution in [0.4, 0.5) is 4.39 Å². The second-order valence-electron chi connectivity index (χ2n) is 6.06. The van der Waals surface area contributed by atoms with Crippen molar-refractivity contribution in [2.75, 3.05) is 13.1 Å². The van der Waals surface area contributed by atoms with Gasteiger partial charge in [0.05, 0.1) is 0 Å². The van der Waals surface area contributed by atoms with Crippen molar-refractivity contribution in [3.8, 4) is 0 Å². The Morgan fingerprint density at radius 2 is 2.00 bits per heavy atom. The topological polar surface area (TPSA) is 32.3 Å². The van der Waals surface area contributed by atoms with E-state index in [2.05, 4.69) is 24.1 Å². The van der Waals surface area contributed by atoms with E-state index in [-0.39, 0.29) is 17.8 Å². The fourth-order valence-electron chi connectivity index (χ4n) is 2.81. The average molecular weight is 292 g/mol. The lowest BCUT2D eigenvalue weighted by atomic mass is 10.0. The van der Waals surface area contributed by atoms with Crippen LogP contribution in [-0.2, 0) is 11.2 Å². The van der Waals surface area contributed by atoms with Crippen LogP contribution in [0.3, 0.4) is 0 Å². The number of piperidine rings is 1. The summed E-state index contributed by atoms with van der Waals surface area (Å²) in [6.07, 6.45) is 2.82. The summed E-state index contributed by atoms with van der Waals surface area (Å²) >= 11 is 0. The van der Waals surface area contributed by atoms with Crippen molar-refractivity contribution in [1.29, 1.82) is 0 Å². The van der Waals surface area contributed by atoms with Crippen molar-refractivity contribution in [1.82, 2.24) is 10.2 Å². The minimum atomic E-state index is -0.226. The number of hydrogen-bond acceptors (Lipinski definition) is 2. The molecule has 1 aromatic rings. The Morgan fingerprint density at radius 3 is 2.62 bits per heavy atom. The second kappa shape index (κ2) is 7.55. The number of hydrogen-bond donors (Lipinski definition) is 1. The highest BCUT2D eigenvalue weighted by Gasteiger charge is 2.21. The van der Waals surface area contributed by atoms with Gasteiger partial charge in [0.15, 0.2) is 0 Å². The van der Waals surface area contributed by atoms with Crippen LogP contribution in [0.1, 0.15) is 38.7 Å². The number of carbonyl (C=O) groups is 1. The number of carbonyl (C=O) groups excluding carboxylic acids is 1. The van der Waals surface area contributed by atoms with Crippen LogP contribution in [0.25, 0.3) is 0 Å². The zero-order valence-electron chi connectivity index (χ0n) is 12.9. The normalized spacial score (nSPS) is 17.1. The van der Waals surface area contributed by atoms with E-state index >= 15 is 0 Å². The monoisotopic (exact) mass is 292 g/mol. The highest BCUT2D eigenvalue weighted by molar-refractivity contribution is 5.76. The van der Waals surface area contributed by atoms with E-state index in [1.165, 1.54) is 6.07 Å². The lowest BCUT2D eigenvalue weighted by Gasteiger charge is -2.34. The quantitative estimate of drug-likeness (QED) is 0.905. The largest absolute Gasteiger partial charge is 0.353 e. The first-order valence-electron chi connectivity index (χ1n) is 7.83. The van der Waals surface area contributed by atoms with E-state index in [9.17, 15) is 9.18 Å². The summed E-state index contributed by atoms with van der Waals surface area (Å²) in [5.74, 6) is -0.197. The van der Waals surface area contributed by atoms with Crippen molar-refractivity contribution in [2.45, 2.75) is 51.6 Å². The van der Waals surface area contributed by atoms with E-state index in [1.54, 1.807) is 18.2 Å². The first-order valence-corrected chi connectivity index (χ1v) is 7.83. The molecule has 21 heavy (non-hydrogen) atoms. The van der Waals surface area contributed by atoms with Gasteiger partial charge in [0, 0.05) is 31.6 Å². The van der Waals surface area contributed by atoms with Gasteiger partial charge in [-0.15, -0.1) is 0 Å². The molecule has 1 heterocycles. The maximum atomic E-state index is 13.5. The average Bonchev–Trinajstić information content (AvgIpc) is 2.47. The predicted octanol–water partition coefficient (Wildman–Crippen LogP) is 2.75. The molecule has 116 valence electrons. The molecule has 1 fully saturated rings. The molecule has 0 bridgehead atoms. The van der Waals surface area contributed by atoms with Crippen molar-refractivity contribution in [3.63, 3.8) is 0 Å². The van der Waals surface area contributed by atoms with Crippen molar-refractivity contribution in [2.24, 2.45) is 0 Å². The zero-order chi connectivity index (χ0) is 15.2. The fraction of sp³-hybridized carbons (Fsp3) is 0.588. The molecule has 4 heteroatoms. The van der Waals surface area contributed by atoms with Crippen LogP contribution < -0.4 is 5.32 Å². The second-order valence-corrected chi connectivity index (χ2v) is 6.06. The number of benzene rings is 1. The first kappa shape index (κ1) is 16.0. The molecular formula is C17H25FN2O. The molecule has 1 amide bonds. The van der Waals surface area contributed by atoms with Crippen LogP contribution in [0.5, 0.6) is 0 Å². The van der Waals surface area contributed by atoms with Gasteiger partial charge in [-0.05, 0) is 44.7 Å². The molecule has 1 aliphatic rings. The highest BCUT2D eigenvalue weighted by atomic mass is 19.1. The molecule has 1 saturated heterocycles. The molecule has 0 radical (unpaired) electrons. The Hall–Kier alpha value is -1.42. The van der Waals surface area contributed by atoms with Gasteiger partial charge in [-0.1, -0.05) is 18.2 Å².